The van der Waals surface area contributed by atoms with Crippen molar-refractivity contribution in [3.8, 4) is 55.6 Å². The summed E-state index contributed by atoms with van der Waals surface area (Å²) < 4.78 is 0. The molecule has 0 bridgehead atoms. The molecule has 0 saturated carbocycles. The highest BCUT2D eigenvalue weighted by Crippen LogP contribution is 2.39. The molecule has 0 unspecified atom stereocenters. The van der Waals surface area contributed by atoms with Gasteiger partial charge in [-0.2, -0.15) is 0 Å². The lowest BCUT2D eigenvalue weighted by Crippen LogP contribution is -1.96. The Hall–Kier alpha value is -6.57. The second kappa shape index (κ2) is 13.6. The van der Waals surface area contributed by atoms with E-state index in [1.807, 2.05) is 12.3 Å². The second-order valence-electron chi connectivity index (χ2n) is 13.6. The Labute approximate surface area is 305 Å². The fraction of sp³-hybridized carbons (Fsp3) is 0.0392. The molecule has 0 radical (unpaired) electrons. The third-order valence-electron chi connectivity index (χ3n) is 10.4. The number of nitrogens with zero attached hydrogens (tertiary/aromatic N) is 1. The van der Waals surface area contributed by atoms with Crippen molar-refractivity contribution in [2.24, 2.45) is 0 Å². The highest BCUT2D eigenvalue weighted by atomic mass is 14.7. The maximum Gasteiger partial charge on any atom is 0.0451 e. The molecule has 1 aromatic heterocycles. The molecular weight excluding hydrogens is 627 g/mol. The Bertz CT molecular complexity index is 2670. The molecule has 9 rings (SSSR count). The maximum absolute atomic E-state index is 4.68. The van der Waals surface area contributed by atoms with Crippen LogP contribution >= 0.6 is 0 Å². The van der Waals surface area contributed by atoms with E-state index in [9.17, 15) is 0 Å². The molecule has 0 atom stereocenters. The minimum atomic E-state index is 0.844. The summed E-state index contributed by atoms with van der Waals surface area (Å²) in [6, 6.07) is 68.4. The standard InChI is InChI=1S/C51H37N/c1-35-46(17-10-30-52-35)50-32-42(26-28-44(50)31-36-18-20-39(21-19-36)37-11-4-2-5-12-37)43-27-29-45-34-49(47-15-8-9-16-48(47)51(45)33-43)41-24-22-40(23-25-41)38-13-6-3-7-14-38/h2-30,32-34H,31H2,1H3. The summed E-state index contributed by atoms with van der Waals surface area (Å²) >= 11 is 0. The van der Waals surface area contributed by atoms with Crippen LogP contribution in [0.5, 0.6) is 0 Å². The molecule has 0 N–H and O–H groups in total. The molecule has 0 aliphatic rings. The van der Waals surface area contributed by atoms with E-state index in [-0.39, 0.29) is 0 Å². The Morgan fingerprint density at radius 3 is 1.62 bits per heavy atom. The average molecular weight is 664 g/mol. The Morgan fingerprint density at radius 1 is 0.365 bits per heavy atom. The summed E-state index contributed by atoms with van der Waals surface area (Å²) in [5.41, 5.74) is 15.9. The summed E-state index contributed by atoms with van der Waals surface area (Å²) in [6.45, 7) is 2.11. The van der Waals surface area contributed by atoms with Gasteiger partial charge in [-0.1, -0.05) is 164 Å². The number of rotatable bonds is 7. The minimum absolute atomic E-state index is 0.844. The first-order valence-corrected chi connectivity index (χ1v) is 18.0. The van der Waals surface area contributed by atoms with Crippen molar-refractivity contribution in [1.29, 1.82) is 0 Å². The van der Waals surface area contributed by atoms with E-state index in [1.165, 1.54) is 88.3 Å². The molecule has 0 spiro atoms. The molecule has 1 heterocycles. The van der Waals surface area contributed by atoms with Crippen LogP contribution in [0.3, 0.4) is 0 Å². The zero-order valence-electron chi connectivity index (χ0n) is 29.1. The van der Waals surface area contributed by atoms with Gasteiger partial charge in [0.25, 0.3) is 0 Å². The van der Waals surface area contributed by atoms with E-state index in [2.05, 4.69) is 194 Å². The topological polar surface area (TPSA) is 12.9 Å². The van der Waals surface area contributed by atoms with Crippen LogP contribution in [0, 0.1) is 6.92 Å². The first-order chi connectivity index (χ1) is 25.7. The van der Waals surface area contributed by atoms with Crippen molar-refractivity contribution in [3.05, 3.63) is 211 Å². The van der Waals surface area contributed by atoms with E-state index in [0.29, 0.717) is 0 Å². The lowest BCUT2D eigenvalue weighted by Gasteiger charge is -2.16. The lowest BCUT2D eigenvalue weighted by molar-refractivity contribution is 1.17. The van der Waals surface area contributed by atoms with Crippen LogP contribution < -0.4 is 0 Å². The first-order valence-electron chi connectivity index (χ1n) is 18.0. The van der Waals surface area contributed by atoms with Crippen LogP contribution in [0.1, 0.15) is 16.8 Å². The van der Waals surface area contributed by atoms with Crippen LogP contribution in [0.15, 0.2) is 194 Å². The molecule has 0 aliphatic carbocycles. The summed E-state index contributed by atoms with van der Waals surface area (Å²) in [5.74, 6) is 0. The molecular formula is C51H37N. The fourth-order valence-corrected chi connectivity index (χ4v) is 7.59. The quantitative estimate of drug-likeness (QED) is 0.155. The molecule has 0 saturated heterocycles. The maximum atomic E-state index is 4.68. The van der Waals surface area contributed by atoms with Crippen molar-refractivity contribution < 1.29 is 0 Å². The van der Waals surface area contributed by atoms with E-state index in [0.717, 1.165) is 12.1 Å². The van der Waals surface area contributed by atoms with E-state index < -0.39 is 0 Å². The number of aromatic nitrogens is 1. The monoisotopic (exact) mass is 663 g/mol. The number of aryl methyl sites for hydroxylation is 1. The molecule has 0 amide bonds. The van der Waals surface area contributed by atoms with Crippen molar-refractivity contribution in [2.45, 2.75) is 13.3 Å². The second-order valence-corrected chi connectivity index (χ2v) is 13.6. The van der Waals surface area contributed by atoms with Gasteiger partial charge in [-0.15, -0.1) is 0 Å². The van der Waals surface area contributed by atoms with Gasteiger partial charge in [-0.25, -0.2) is 0 Å². The Kier molecular flexibility index (Phi) is 8.23. The smallest absolute Gasteiger partial charge is 0.0451 e. The van der Waals surface area contributed by atoms with Gasteiger partial charge in [-0.05, 0) is 120 Å². The lowest BCUT2D eigenvalue weighted by atomic mass is 9.88. The number of hydrogen-bond acceptors (Lipinski definition) is 1. The number of fused-ring (bicyclic) bond motifs is 3. The number of pyridine rings is 1. The van der Waals surface area contributed by atoms with Crippen LogP contribution in [0.4, 0.5) is 0 Å². The van der Waals surface area contributed by atoms with Crippen molar-refractivity contribution >= 4 is 21.5 Å². The molecule has 246 valence electrons. The third kappa shape index (κ3) is 6.08. The Morgan fingerprint density at radius 2 is 0.923 bits per heavy atom. The van der Waals surface area contributed by atoms with Crippen LogP contribution in [-0.4, -0.2) is 4.98 Å². The van der Waals surface area contributed by atoms with Gasteiger partial charge < -0.3 is 0 Å². The summed E-state index contributed by atoms with van der Waals surface area (Å²) in [7, 11) is 0. The largest absolute Gasteiger partial charge is 0.261 e. The normalized spacial score (nSPS) is 11.2. The predicted octanol–water partition coefficient (Wildman–Crippen LogP) is 13.6. The van der Waals surface area contributed by atoms with Crippen molar-refractivity contribution in [3.63, 3.8) is 0 Å². The predicted molar refractivity (Wildman–Crippen MR) is 220 cm³/mol. The zero-order chi connectivity index (χ0) is 34.9. The van der Waals surface area contributed by atoms with Gasteiger partial charge in [-0.3, -0.25) is 4.98 Å². The van der Waals surface area contributed by atoms with E-state index >= 15 is 0 Å². The molecule has 52 heavy (non-hydrogen) atoms. The zero-order valence-corrected chi connectivity index (χ0v) is 29.1. The van der Waals surface area contributed by atoms with E-state index in [1.54, 1.807) is 0 Å². The minimum Gasteiger partial charge on any atom is -0.261 e. The van der Waals surface area contributed by atoms with Gasteiger partial charge in [0.05, 0.1) is 0 Å². The van der Waals surface area contributed by atoms with Gasteiger partial charge in [0.15, 0.2) is 0 Å². The molecule has 0 fully saturated rings. The van der Waals surface area contributed by atoms with Gasteiger partial charge in [0, 0.05) is 17.5 Å². The number of hydrogen-bond donors (Lipinski definition) is 0. The molecule has 8 aromatic carbocycles. The average Bonchev–Trinajstić information content (AvgIpc) is 3.22. The van der Waals surface area contributed by atoms with Crippen LogP contribution in [-0.2, 0) is 6.42 Å². The summed E-state index contributed by atoms with van der Waals surface area (Å²) in [5, 5.41) is 5.03. The van der Waals surface area contributed by atoms with E-state index in [4.69, 9.17) is 0 Å². The third-order valence-corrected chi connectivity index (χ3v) is 10.4. The van der Waals surface area contributed by atoms with Gasteiger partial charge >= 0.3 is 0 Å². The molecule has 9 aromatic rings. The van der Waals surface area contributed by atoms with Crippen molar-refractivity contribution in [1.82, 2.24) is 4.98 Å². The van der Waals surface area contributed by atoms with Crippen LogP contribution in [0.2, 0.25) is 0 Å². The highest BCUT2D eigenvalue weighted by molar-refractivity contribution is 6.14. The first kappa shape index (κ1) is 31.4. The summed E-state index contributed by atoms with van der Waals surface area (Å²) in [6.07, 6.45) is 2.72. The van der Waals surface area contributed by atoms with Crippen LogP contribution in [0.25, 0.3) is 77.2 Å². The molecule has 1 heteroatoms. The SMILES string of the molecule is Cc1ncccc1-c1cc(-c2ccc3cc(-c4ccc(-c5ccccc5)cc4)c4ccccc4c3c2)ccc1Cc1ccc(-c2ccccc2)cc1. The summed E-state index contributed by atoms with van der Waals surface area (Å²) in [4.78, 5) is 4.68. The van der Waals surface area contributed by atoms with Gasteiger partial charge in [0.2, 0.25) is 0 Å². The molecule has 1 nitrogen and oxygen atoms in total. The molecule has 0 aliphatic heterocycles. The number of benzene rings is 8. The van der Waals surface area contributed by atoms with Gasteiger partial charge in [0.1, 0.15) is 0 Å². The Balaban J connectivity index is 1.10. The highest BCUT2D eigenvalue weighted by Gasteiger charge is 2.14. The van der Waals surface area contributed by atoms with Crippen molar-refractivity contribution in [2.75, 3.05) is 0 Å². The fourth-order valence-electron chi connectivity index (χ4n) is 7.59.